The summed E-state index contributed by atoms with van der Waals surface area (Å²) >= 11 is 0. The fourth-order valence-electron chi connectivity index (χ4n) is 12.5. The van der Waals surface area contributed by atoms with Gasteiger partial charge in [-0.2, -0.15) is 0 Å². The minimum atomic E-state index is -4.71. The molecular formula is C83H162N4O17P2. The normalized spacial score (nSPS) is 14.4. The zero-order valence-corrected chi connectivity index (χ0v) is 70.2. The number of aliphatic hydroxyl groups is 1. The lowest BCUT2D eigenvalue weighted by Crippen LogP contribution is -2.41. The molecular weight excluding hydrogens is 1390 g/mol. The van der Waals surface area contributed by atoms with E-state index in [9.17, 15) is 43.2 Å². The van der Waals surface area contributed by atoms with Gasteiger partial charge in [-0.3, -0.25) is 32.5 Å². The smallest absolute Gasteiger partial charge is 0.462 e. The Balaban J connectivity index is 5.59. The molecule has 7 N–H and O–H groups in total. The van der Waals surface area contributed by atoms with Gasteiger partial charge in [0.05, 0.1) is 64.4 Å². The molecule has 0 heterocycles. The molecule has 0 aliphatic heterocycles. The van der Waals surface area contributed by atoms with E-state index in [-0.39, 0.29) is 82.4 Å². The van der Waals surface area contributed by atoms with Gasteiger partial charge in [0.2, 0.25) is 11.8 Å². The van der Waals surface area contributed by atoms with E-state index in [0.29, 0.717) is 44.9 Å². The van der Waals surface area contributed by atoms with E-state index < -0.39 is 66.5 Å². The third-order valence-corrected chi connectivity index (χ3v) is 20.9. The zero-order valence-electron chi connectivity index (χ0n) is 68.4. The number of nitrogens with one attached hydrogen (secondary N) is 4. The van der Waals surface area contributed by atoms with Gasteiger partial charge in [-0.25, -0.2) is 13.9 Å². The van der Waals surface area contributed by atoms with Crippen molar-refractivity contribution in [2.45, 2.75) is 419 Å². The highest BCUT2D eigenvalue weighted by Crippen LogP contribution is 2.44. The van der Waals surface area contributed by atoms with Crippen LogP contribution in [0, 0.1) is 0 Å². The summed E-state index contributed by atoms with van der Waals surface area (Å²) in [6.07, 6.45) is 62.4. The number of urea groups is 1. The Bertz CT molecular complexity index is 2150. The zero-order chi connectivity index (χ0) is 77.8. The van der Waals surface area contributed by atoms with Crippen molar-refractivity contribution in [3.8, 4) is 0 Å². The van der Waals surface area contributed by atoms with Crippen molar-refractivity contribution in [3.63, 3.8) is 0 Å². The number of aliphatic hydroxyl groups excluding tert-OH is 1. The fraction of sp³-hybridized carbons (Fsp3) is 0.904. The van der Waals surface area contributed by atoms with Crippen molar-refractivity contribution in [3.05, 3.63) is 24.3 Å². The number of amides is 4. The highest BCUT2D eigenvalue weighted by Gasteiger charge is 2.27. The molecule has 0 spiro atoms. The predicted molar refractivity (Wildman–Crippen MR) is 433 cm³/mol. The van der Waals surface area contributed by atoms with Gasteiger partial charge in [0.15, 0.2) is 6.29 Å². The number of hydrogen-bond donors (Lipinski definition) is 7. The van der Waals surface area contributed by atoms with E-state index in [0.717, 1.165) is 141 Å². The number of phosphoric ester groups is 2. The molecule has 21 nitrogen and oxygen atoms in total. The molecule has 626 valence electrons. The number of esters is 1. The third-order valence-electron chi connectivity index (χ3n) is 19.0. The van der Waals surface area contributed by atoms with Crippen LogP contribution in [-0.2, 0) is 60.6 Å². The molecule has 0 saturated carbocycles. The Kier molecular flexibility index (Phi) is 75.5. The molecule has 0 aliphatic carbocycles. The van der Waals surface area contributed by atoms with Crippen LogP contribution in [0.4, 0.5) is 4.79 Å². The van der Waals surface area contributed by atoms with Gasteiger partial charge in [0.1, 0.15) is 6.10 Å². The summed E-state index contributed by atoms with van der Waals surface area (Å²) in [5, 5.41) is 21.8. The summed E-state index contributed by atoms with van der Waals surface area (Å²) in [5.74, 6) is -0.684. The number of phosphoric acid groups is 2. The average molecular weight is 1550 g/mol. The van der Waals surface area contributed by atoms with Gasteiger partial charge in [0, 0.05) is 45.4 Å². The summed E-state index contributed by atoms with van der Waals surface area (Å²) in [4.78, 5) is 73.8. The Hall–Kier alpha value is -2.78. The first-order valence-corrected chi connectivity index (χ1v) is 46.3. The van der Waals surface area contributed by atoms with Crippen LogP contribution in [0.1, 0.15) is 388 Å². The van der Waals surface area contributed by atoms with Crippen LogP contribution in [0.15, 0.2) is 24.3 Å². The van der Waals surface area contributed by atoms with Crippen LogP contribution in [0.25, 0.3) is 0 Å². The first-order chi connectivity index (χ1) is 51.5. The highest BCUT2D eigenvalue weighted by molar-refractivity contribution is 7.47. The van der Waals surface area contributed by atoms with Gasteiger partial charge < -0.3 is 55.1 Å². The number of allylic oxidation sites excluding steroid dienone is 4. The molecule has 0 bridgehead atoms. The molecule has 7 atom stereocenters. The number of unbranched alkanes of at least 4 members (excludes halogenated alkanes) is 38. The largest absolute Gasteiger partial charge is 0.472 e. The lowest BCUT2D eigenvalue weighted by atomic mass is 10.1. The van der Waals surface area contributed by atoms with Crippen molar-refractivity contribution in [2.24, 2.45) is 0 Å². The molecule has 23 heteroatoms. The molecule has 0 aromatic carbocycles. The Morgan fingerprint density at radius 2 is 0.679 bits per heavy atom. The molecule has 0 fully saturated rings. The summed E-state index contributed by atoms with van der Waals surface area (Å²) in [5.41, 5.74) is 0. The first kappa shape index (κ1) is 103. The molecule has 0 rings (SSSR count). The molecule has 106 heavy (non-hydrogen) atoms. The molecule has 0 aromatic heterocycles. The molecule has 0 aliphatic rings. The topological polar surface area (TPSA) is 285 Å². The van der Waals surface area contributed by atoms with E-state index in [4.69, 9.17) is 37.0 Å². The maximum absolute atomic E-state index is 13.3. The summed E-state index contributed by atoms with van der Waals surface area (Å²) in [7, 11) is -9.40. The average Bonchev–Trinajstić information content (AvgIpc) is 0.918. The highest BCUT2D eigenvalue weighted by atomic mass is 31.2. The number of hydrogen-bond acceptors (Lipinski definition) is 15. The lowest BCUT2D eigenvalue weighted by Gasteiger charge is -2.23. The second-order valence-electron chi connectivity index (χ2n) is 29.4. The number of ether oxygens (including phenoxy) is 4. The van der Waals surface area contributed by atoms with E-state index in [1.807, 2.05) is 0 Å². The summed E-state index contributed by atoms with van der Waals surface area (Å²) in [6, 6.07) is -2.32. The fourth-order valence-corrected chi connectivity index (χ4v) is 14.0. The Labute approximate surface area is 647 Å². The number of carbonyl (C=O) groups is 4. The number of rotatable bonds is 83. The first-order valence-electron chi connectivity index (χ1n) is 43.4. The van der Waals surface area contributed by atoms with Crippen molar-refractivity contribution < 1.29 is 80.2 Å². The molecule has 0 radical (unpaired) electrons. The van der Waals surface area contributed by atoms with Crippen LogP contribution >= 0.6 is 15.6 Å². The van der Waals surface area contributed by atoms with Crippen LogP contribution in [0.3, 0.4) is 0 Å². The van der Waals surface area contributed by atoms with E-state index in [1.54, 1.807) is 0 Å². The second-order valence-corrected chi connectivity index (χ2v) is 32.3. The minimum absolute atomic E-state index is 0.0165. The van der Waals surface area contributed by atoms with Gasteiger partial charge in [-0.15, -0.1) is 0 Å². The van der Waals surface area contributed by atoms with Crippen molar-refractivity contribution in [2.75, 3.05) is 65.9 Å². The van der Waals surface area contributed by atoms with Crippen LogP contribution in [0.2, 0.25) is 0 Å². The lowest BCUT2D eigenvalue weighted by molar-refractivity contribution is -0.150. The van der Waals surface area contributed by atoms with Gasteiger partial charge in [0.25, 0.3) is 0 Å². The Morgan fingerprint density at radius 1 is 0.349 bits per heavy atom. The summed E-state index contributed by atoms with van der Waals surface area (Å²) in [6.45, 7) is 11.6. The molecule has 4 amide bonds. The van der Waals surface area contributed by atoms with Gasteiger partial charge >= 0.3 is 27.6 Å². The standard InChI is InChI=1S/C83H162N4O17P2/c1-7-13-19-25-29-33-35-39-41-47-53-59-79(88)86-75(71-97-67-63-77(57-51-45-23-17-11-5)103-81(90)61-55-49-43-37-31-27-21-15-9-3)73-101-105(93,94)99-69-65-84-83(92)85-66-70-100-106(95,96)102-74-76(87-80(89)60-54-48-42-40-36-34-30-26-20-14-8-2)72-98-68-64-78(58-52-46-24-18-12-6)104-82(91)62-56-50-44-38-32-28-22-16-10-4/h37-38,43-44,75-78,81,90H,7-36,39-42,45-74H2,1-6H3,(H,86,88)(H,87,89)(H,93,94)(H,95,96)(H2,84,85,92)/b43-37-,44-38-. The predicted octanol–water partition coefficient (Wildman–Crippen LogP) is 21.5. The Morgan fingerprint density at radius 3 is 1.08 bits per heavy atom. The van der Waals surface area contributed by atoms with Gasteiger partial charge in [-0.1, -0.05) is 291 Å². The van der Waals surface area contributed by atoms with Crippen LogP contribution < -0.4 is 21.3 Å². The van der Waals surface area contributed by atoms with Gasteiger partial charge in [-0.05, 0) is 96.3 Å². The molecule has 7 unspecified atom stereocenters. The van der Waals surface area contributed by atoms with Crippen molar-refractivity contribution in [1.82, 2.24) is 21.3 Å². The van der Waals surface area contributed by atoms with Crippen LogP contribution in [0.5, 0.6) is 0 Å². The quantitative estimate of drug-likeness (QED) is 0.00979. The van der Waals surface area contributed by atoms with E-state index >= 15 is 0 Å². The van der Waals surface area contributed by atoms with E-state index in [1.165, 1.54) is 148 Å². The van der Waals surface area contributed by atoms with Crippen molar-refractivity contribution >= 4 is 39.5 Å². The molecule has 0 saturated heterocycles. The SMILES string of the molecule is CCCCCC/C=C\CCCC(=O)OC(CCCCCCC)CCOCC(COP(=O)(O)OCCNC(=O)NCCOP(=O)(O)OCC(COCCC(CCCCCCC)OC(O)CCC/C=C\CCCCCC)NC(=O)CCCCCCCCCCCCC)NC(=O)CCCCCCCCCCCCC. The monoisotopic (exact) mass is 1550 g/mol. The number of carbonyl (C=O) groups excluding carboxylic acids is 4. The maximum atomic E-state index is 13.3. The minimum Gasteiger partial charge on any atom is -0.462 e. The third kappa shape index (κ3) is 74.0. The van der Waals surface area contributed by atoms with Crippen LogP contribution in [-0.4, -0.2) is 135 Å². The summed E-state index contributed by atoms with van der Waals surface area (Å²) < 4.78 is 71.8. The second kappa shape index (κ2) is 77.5. The maximum Gasteiger partial charge on any atom is 0.472 e. The van der Waals surface area contributed by atoms with E-state index in [2.05, 4.69) is 87.1 Å². The van der Waals surface area contributed by atoms with Crippen molar-refractivity contribution in [1.29, 1.82) is 0 Å². The molecule has 0 aromatic rings.